The van der Waals surface area contributed by atoms with Gasteiger partial charge >= 0.3 is 12.3 Å². The number of ketones is 1. The van der Waals surface area contributed by atoms with Crippen molar-refractivity contribution in [1.29, 1.82) is 5.26 Å². The van der Waals surface area contributed by atoms with Crippen LogP contribution in [0.1, 0.15) is 64.7 Å². The monoisotopic (exact) mass is 552 g/mol. The molecule has 2 aromatic rings. The zero-order valence-electron chi connectivity index (χ0n) is 21.6. The van der Waals surface area contributed by atoms with E-state index in [1.165, 1.54) is 12.1 Å². The van der Waals surface area contributed by atoms with Crippen LogP contribution in [0.2, 0.25) is 0 Å². The van der Waals surface area contributed by atoms with Gasteiger partial charge in [-0.05, 0) is 52.2 Å². The molecule has 0 fully saturated rings. The number of hydrogen-bond acceptors (Lipinski definition) is 9. The summed E-state index contributed by atoms with van der Waals surface area (Å²) in [6.45, 7) is 7.19. The Morgan fingerprint density at radius 2 is 1.90 bits per heavy atom. The molecule has 0 aliphatic heterocycles. The zero-order valence-corrected chi connectivity index (χ0v) is 21.6. The summed E-state index contributed by atoms with van der Waals surface area (Å²) >= 11 is 0. The van der Waals surface area contributed by atoms with Crippen LogP contribution in [0.25, 0.3) is 0 Å². The van der Waals surface area contributed by atoms with Gasteiger partial charge in [0, 0.05) is 13.0 Å². The average Bonchev–Trinajstić information content (AvgIpc) is 2.79. The number of aromatic nitrogens is 2. The van der Waals surface area contributed by atoms with E-state index in [4.69, 9.17) is 15.2 Å². The Labute approximate surface area is 226 Å². The Kier molecular flexibility index (Phi) is 12.0. The molecule has 13 heteroatoms. The van der Waals surface area contributed by atoms with Gasteiger partial charge in [-0.25, -0.2) is 4.79 Å². The number of hydrogen-bond donors (Lipinski definition) is 3. The summed E-state index contributed by atoms with van der Waals surface area (Å²) in [6.07, 6.45) is -5.06. The first-order valence-corrected chi connectivity index (χ1v) is 11.9. The van der Waals surface area contributed by atoms with Gasteiger partial charge in [-0.2, -0.15) is 28.4 Å². The van der Waals surface area contributed by atoms with Crippen molar-refractivity contribution in [2.45, 2.75) is 72.2 Å². The lowest BCUT2D eigenvalue weighted by Gasteiger charge is -2.21. The van der Waals surface area contributed by atoms with Crippen LogP contribution < -0.4 is 21.1 Å². The Balaban J connectivity index is 0.00000760. The molecular weight excluding hydrogens is 517 g/mol. The van der Waals surface area contributed by atoms with E-state index in [0.717, 1.165) is 12.1 Å². The third kappa shape index (κ3) is 10.7. The van der Waals surface area contributed by atoms with Gasteiger partial charge in [0.15, 0.2) is 17.2 Å². The van der Waals surface area contributed by atoms with E-state index < -0.39 is 35.3 Å². The lowest BCUT2D eigenvalue weighted by atomic mass is 9.98. The maximum atomic E-state index is 13.2. The molecule has 0 saturated carbocycles. The Hall–Kier alpha value is -4.08. The third-order valence-corrected chi connectivity index (χ3v) is 4.96. The van der Waals surface area contributed by atoms with E-state index in [1.54, 1.807) is 27.7 Å². The fraction of sp³-hybridized carbons (Fsp3) is 0.500. The topological polar surface area (TPSA) is 152 Å². The van der Waals surface area contributed by atoms with Crippen molar-refractivity contribution in [3.63, 3.8) is 0 Å². The predicted molar refractivity (Wildman–Crippen MR) is 140 cm³/mol. The van der Waals surface area contributed by atoms with E-state index in [1.807, 2.05) is 6.07 Å². The van der Waals surface area contributed by atoms with Crippen molar-refractivity contribution >= 4 is 23.6 Å². The molecule has 39 heavy (non-hydrogen) atoms. The largest absolute Gasteiger partial charge is 0.477 e. The highest BCUT2D eigenvalue weighted by atomic mass is 19.4. The Morgan fingerprint density at radius 1 is 1.21 bits per heavy atom. The average molecular weight is 553 g/mol. The number of halogens is 3. The third-order valence-electron chi connectivity index (χ3n) is 4.96. The Bertz CT molecular complexity index is 1180. The molecule has 0 bridgehead atoms. The first kappa shape index (κ1) is 32.9. The van der Waals surface area contributed by atoms with Gasteiger partial charge in [0.05, 0.1) is 18.2 Å². The van der Waals surface area contributed by atoms with Crippen LogP contribution in [-0.2, 0) is 22.1 Å². The number of nitriles is 1. The first-order chi connectivity index (χ1) is 17.7. The van der Waals surface area contributed by atoms with Crippen LogP contribution in [0.4, 0.5) is 29.7 Å². The predicted octanol–water partition coefficient (Wildman–Crippen LogP) is 4.88. The van der Waals surface area contributed by atoms with Gasteiger partial charge in [0.25, 0.3) is 0 Å². The van der Waals surface area contributed by atoms with E-state index >= 15 is 0 Å². The first-order valence-electron chi connectivity index (χ1n) is 11.9. The van der Waals surface area contributed by atoms with Crippen molar-refractivity contribution in [2.75, 3.05) is 24.2 Å². The van der Waals surface area contributed by atoms with Crippen molar-refractivity contribution in [3.8, 4) is 11.9 Å². The number of rotatable bonds is 11. The lowest BCUT2D eigenvalue weighted by molar-refractivity contribution is -0.137. The minimum absolute atomic E-state index is 0. The van der Waals surface area contributed by atoms with Gasteiger partial charge in [0.2, 0.25) is 11.8 Å². The highest BCUT2D eigenvalue weighted by Gasteiger charge is 2.31. The van der Waals surface area contributed by atoms with Crippen LogP contribution in [0, 0.1) is 11.3 Å². The summed E-state index contributed by atoms with van der Waals surface area (Å²) in [5, 5.41) is 15.1. The van der Waals surface area contributed by atoms with Crippen LogP contribution in [-0.4, -0.2) is 46.6 Å². The molecule has 0 saturated heterocycles. The van der Waals surface area contributed by atoms with Gasteiger partial charge in [-0.1, -0.05) is 25.6 Å². The smallest absolute Gasteiger partial charge is 0.416 e. The molecule has 0 aliphatic carbocycles. The molecule has 0 aliphatic rings. The molecule has 10 nitrogen and oxygen atoms in total. The van der Waals surface area contributed by atoms with Crippen molar-refractivity contribution in [1.82, 2.24) is 15.3 Å². The number of carbonyl (C=O) groups excluding carboxylic acids is 2. The number of amides is 1. The van der Waals surface area contributed by atoms with Crippen LogP contribution in [0.3, 0.4) is 0 Å². The summed E-state index contributed by atoms with van der Waals surface area (Å²) in [6, 6.07) is 5.42. The quantitative estimate of drug-likeness (QED) is 0.331. The zero-order chi connectivity index (χ0) is 28.5. The number of ether oxygens (including phenoxy) is 2. The van der Waals surface area contributed by atoms with E-state index in [-0.39, 0.29) is 62.2 Å². The second kappa shape index (κ2) is 14.2. The number of Topliss-reactive ketones (excluding diaryl/α,β-unsaturated/α-hetero) is 1. The standard InChI is InChI=1S/C25H31F3N6O4.CH4/c1-5-37-21-17(14-29)20(33-22(30)34-21)32-18(10-7-11-31-23(36)38-24(2,3)4)19(35)13-15-8-6-9-16(12-15)25(26,27)28;/h6,8-9,12,18H,5,7,10-11,13H2,1-4H3,(H,31,36)(H3,30,32,33,34);1H4/t18-;/m0./s1. The number of nitrogen functional groups attached to an aromatic ring is 1. The minimum Gasteiger partial charge on any atom is -0.477 e. The highest BCUT2D eigenvalue weighted by Crippen LogP contribution is 2.30. The lowest BCUT2D eigenvalue weighted by Crippen LogP contribution is -2.35. The van der Waals surface area contributed by atoms with Crippen molar-refractivity contribution < 1.29 is 32.2 Å². The molecule has 1 aromatic heterocycles. The molecule has 1 amide bonds. The van der Waals surface area contributed by atoms with Crippen molar-refractivity contribution in [2.24, 2.45) is 0 Å². The number of nitrogens with zero attached hydrogens (tertiary/aromatic N) is 3. The number of nitrogens with one attached hydrogen (secondary N) is 2. The second-order valence-electron chi connectivity index (χ2n) is 9.26. The summed E-state index contributed by atoms with van der Waals surface area (Å²) in [5.74, 6) is -0.780. The molecule has 0 radical (unpaired) electrons. The molecule has 1 aromatic carbocycles. The number of nitrogens with two attached hydrogens (primary N) is 1. The van der Waals surface area contributed by atoms with Gasteiger partial charge in [0.1, 0.15) is 11.7 Å². The molecular formula is C26H35F3N6O4. The van der Waals surface area contributed by atoms with Crippen LogP contribution >= 0.6 is 0 Å². The van der Waals surface area contributed by atoms with Gasteiger partial charge in [-0.3, -0.25) is 4.79 Å². The maximum absolute atomic E-state index is 13.2. The van der Waals surface area contributed by atoms with E-state index in [2.05, 4.69) is 20.6 Å². The molecule has 2 rings (SSSR count). The maximum Gasteiger partial charge on any atom is 0.416 e. The van der Waals surface area contributed by atoms with E-state index in [0.29, 0.717) is 6.42 Å². The van der Waals surface area contributed by atoms with Crippen LogP contribution in [0.15, 0.2) is 24.3 Å². The summed E-state index contributed by atoms with van der Waals surface area (Å²) in [4.78, 5) is 33.1. The van der Waals surface area contributed by atoms with Gasteiger partial charge in [-0.15, -0.1) is 0 Å². The number of alkyl halides is 3. The number of carbonyl (C=O) groups is 2. The molecule has 4 N–H and O–H groups in total. The highest BCUT2D eigenvalue weighted by molar-refractivity contribution is 5.88. The molecule has 1 heterocycles. The number of anilines is 2. The molecule has 0 unspecified atom stereocenters. The summed E-state index contributed by atoms with van der Waals surface area (Å²) in [5.41, 5.74) is 4.28. The SMILES string of the molecule is C.CCOc1nc(N)nc(N[C@@H](CCCNC(=O)OC(C)(C)C)C(=O)Cc2cccc(C(F)(F)F)c2)c1C#N. The van der Waals surface area contributed by atoms with Crippen LogP contribution in [0.5, 0.6) is 5.88 Å². The second-order valence-corrected chi connectivity index (χ2v) is 9.26. The summed E-state index contributed by atoms with van der Waals surface area (Å²) in [7, 11) is 0. The molecule has 214 valence electrons. The molecule has 1 atom stereocenters. The molecule has 0 spiro atoms. The fourth-order valence-corrected chi connectivity index (χ4v) is 3.37. The minimum atomic E-state index is -4.56. The van der Waals surface area contributed by atoms with E-state index in [9.17, 15) is 28.0 Å². The normalized spacial score (nSPS) is 11.9. The number of benzene rings is 1. The fourth-order valence-electron chi connectivity index (χ4n) is 3.37. The Morgan fingerprint density at radius 3 is 2.49 bits per heavy atom. The van der Waals surface area contributed by atoms with Gasteiger partial charge < -0.3 is 25.8 Å². The number of alkyl carbamates (subject to hydrolysis) is 1. The summed E-state index contributed by atoms with van der Waals surface area (Å²) < 4.78 is 49.9. The van der Waals surface area contributed by atoms with Crippen molar-refractivity contribution in [3.05, 3.63) is 41.0 Å².